The van der Waals surface area contributed by atoms with Gasteiger partial charge in [0.25, 0.3) is 5.91 Å². The quantitative estimate of drug-likeness (QED) is 0.681. The summed E-state index contributed by atoms with van der Waals surface area (Å²) < 4.78 is 31.5. The molecule has 0 aliphatic heterocycles. The van der Waals surface area contributed by atoms with Crippen LogP contribution in [0.2, 0.25) is 0 Å². The third kappa shape index (κ3) is 5.64. The van der Waals surface area contributed by atoms with Crippen molar-refractivity contribution < 1.29 is 22.7 Å². The van der Waals surface area contributed by atoms with Gasteiger partial charge in [0.15, 0.2) is 6.10 Å². The van der Waals surface area contributed by atoms with Crippen molar-refractivity contribution in [1.29, 1.82) is 5.26 Å². The SMILES string of the molecule is Cc1ccc(NC(=O)[C@@H](C)OC(=O)CNS(=O)(=O)c2ccccc2C#N)cc1. The van der Waals surface area contributed by atoms with E-state index in [0.29, 0.717) is 5.69 Å². The van der Waals surface area contributed by atoms with E-state index in [9.17, 15) is 18.0 Å². The molecule has 0 heterocycles. The number of amides is 1. The van der Waals surface area contributed by atoms with Gasteiger partial charge in [-0.1, -0.05) is 29.8 Å². The normalized spacial score (nSPS) is 11.9. The molecule has 2 aromatic carbocycles. The second-order valence-corrected chi connectivity index (χ2v) is 7.66. The lowest BCUT2D eigenvalue weighted by molar-refractivity contribution is -0.151. The van der Waals surface area contributed by atoms with Gasteiger partial charge in [0, 0.05) is 5.69 Å². The van der Waals surface area contributed by atoms with Crippen LogP contribution in [0.1, 0.15) is 18.1 Å². The van der Waals surface area contributed by atoms with Crippen molar-refractivity contribution in [3.63, 3.8) is 0 Å². The van der Waals surface area contributed by atoms with E-state index in [-0.39, 0.29) is 10.5 Å². The molecule has 0 saturated heterocycles. The average Bonchev–Trinajstić information content (AvgIpc) is 2.68. The first-order chi connectivity index (χ1) is 13.2. The minimum absolute atomic E-state index is 0.0470. The molecule has 0 aromatic heterocycles. The number of hydrogen-bond acceptors (Lipinski definition) is 6. The summed E-state index contributed by atoms with van der Waals surface area (Å²) in [5.74, 6) is -1.47. The zero-order valence-corrected chi connectivity index (χ0v) is 16.1. The van der Waals surface area contributed by atoms with E-state index in [1.54, 1.807) is 18.2 Å². The molecule has 1 atom stereocenters. The number of nitrogens with one attached hydrogen (secondary N) is 2. The summed E-state index contributed by atoms with van der Waals surface area (Å²) in [7, 11) is -4.08. The van der Waals surface area contributed by atoms with Crippen molar-refractivity contribution in [1.82, 2.24) is 4.72 Å². The van der Waals surface area contributed by atoms with Gasteiger partial charge in [0.05, 0.1) is 10.5 Å². The second kappa shape index (κ2) is 9.12. The van der Waals surface area contributed by atoms with Crippen LogP contribution in [-0.2, 0) is 24.3 Å². The molecule has 0 radical (unpaired) electrons. The molecule has 2 aromatic rings. The molecule has 0 bridgehead atoms. The average molecular weight is 401 g/mol. The predicted molar refractivity (Wildman–Crippen MR) is 102 cm³/mol. The third-order valence-corrected chi connectivity index (χ3v) is 5.16. The molecule has 0 saturated carbocycles. The Bertz CT molecular complexity index is 1010. The van der Waals surface area contributed by atoms with E-state index >= 15 is 0 Å². The standard InChI is InChI=1S/C19H19N3O5S/c1-13-7-9-16(10-8-13)22-19(24)14(2)27-18(23)12-21-28(25,26)17-6-4-3-5-15(17)11-20/h3-10,14,21H,12H2,1-2H3,(H,22,24)/t14-/m1/s1. The molecule has 28 heavy (non-hydrogen) atoms. The Morgan fingerprint density at radius 2 is 1.79 bits per heavy atom. The maximum Gasteiger partial charge on any atom is 0.321 e. The minimum Gasteiger partial charge on any atom is -0.452 e. The van der Waals surface area contributed by atoms with Crippen LogP contribution in [0.25, 0.3) is 0 Å². The summed E-state index contributed by atoms with van der Waals surface area (Å²) in [6.07, 6.45) is -1.12. The number of hydrogen-bond donors (Lipinski definition) is 2. The Labute approximate surface area is 163 Å². The molecule has 0 aliphatic rings. The monoisotopic (exact) mass is 401 g/mol. The van der Waals surface area contributed by atoms with Gasteiger partial charge in [-0.05, 0) is 38.1 Å². The molecule has 146 valence electrons. The first-order valence-electron chi connectivity index (χ1n) is 8.29. The van der Waals surface area contributed by atoms with Gasteiger partial charge >= 0.3 is 5.97 Å². The first kappa shape index (κ1) is 21.1. The highest BCUT2D eigenvalue weighted by molar-refractivity contribution is 7.89. The summed E-state index contributed by atoms with van der Waals surface area (Å²) >= 11 is 0. The van der Waals surface area contributed by atoms with Crippen LogP contribution in [0.3, 0.4) is 0 Å². The fourth-order valence-electron chi connectivity index (χ4n) is 2.20. The third-order valence-electron chi connectivity index (χ3n) is 3.70. The van der Waals surface area contributed by atoms with Gasteiger partial charge in [-0.15, -0.1) is 0 Å². The molecule has 2 rings (SSSR count). The number of carbonyl (C=O) groups is 2. The Morgan fingerprint density at radius 1 is 1.14 bits per heavy atom. The fourth-order valence-corrected chi connectivity index (χ4v) is 3.32. The lowest BCUT2D eigenvalue weighted by Gasteiger charge is -2.14. The molecule has 1 amide bonds. The first-order valence-corrected chi connectivity index (χ1v) is 9.77. The smallest absolute Gasteiger partial charge is 0.321 e. The topological polar surface area (TPSA) is 125 Å². The van der Waals surface area contributed by atoms with Crippen molar-refractivity contribution in [2.75, 3.05) is 11.9 Å². The maximum absolute atomic E-state index is 12.3. The molecule has 2 N–H and O–H groups in total. The van der Waals surface area contributed by atoms with E-state index in [0.717, 1.165) is 5.56 Å². The fraction of sp³-hybridized carbons (Fsp3) is 0.211. The van der Waals surface area contributed by atoms with E-state index < -0.39 is 34.5 Å². The number of carbonyl (C=O) groups excluding carboxylic acids is 2. The van der Waals surface area contributed by atoms with E-state index in [4.69, 9.17) is 10.00 Å². The van der Waals surface area contributed by atoms with Crippen LogP contribution >= 0.6 is 0 Å². The van der Waals surface area contributed by atoms with Crippen molar-refractivity contribution in [3.05, 3.63) is 59.7 Å². The molecule has 0 spiro atoms. The summed E-state index contributed by atoms with van der Waals surface area (Å²) in [6, 6.07) is 14.4. The second-order valence-electron chi connectivity index (χ2n) is 5.92. The van der Waals surface area contributed by atoms with Gasteiger partial charge < -0.3 is 10.1 Å². The largest absolute Gasteiger partial charge is 0.452 e. The Kier molecular flexibility index (Phi) is 6.87. The lowest BCUT2D eigenvalue weighted by Crippen LogP contribution is -2.36. The Balaban J connectivity index is 1.91. The van der Waals surface area contributed by atoms with Crippen molar-refractivity contribution in [2.45, 2.75) is 24.8 Å². The maximum atomic E-state index is 12.3. The highest BCUT2D eigenvalue weighted by Gasteiger charge is 2.22. The number of benzene rings is 2. The summed E-state index contributed by atoms with van der Waals surface area (Å²) in [4.78, 5) is 23.7. The van der Waals surface area contributed by atoms with Crippen LogP contribution in [0.5, 0.6) is 0 Å². The van der Waals surface area contributed by atoms with Crippen LogP contribution in [-0.4, -0.2) is 32.9 Å². The van der Waals surface area contributed by atoms with Crippen LogP contribution in [0.4, 0.5) is 5.69 Å². The van der Waals surface area contributed by atoms with Crippen molar-refractivity contribution >= 4 is 27.6 Å². The number of aryl methyl sites for hydroxylation is 1. The number of anilines is 1. The van der Waals surface area contributed by atoms with Gasteiger partial charge in [0.2, 0.25) is 10.0 Å². The number of rotatable bonds is 7. The number of nitrogens with zero attached hydrogens (tertiary/aromatic N) is 1. The number of sulfonamides is 1. The molecule has 9 heteroatoms. The van der Waals surface area contributed by atoms with Crippen LogP contribution in [0, 0.1) is 18.3 Å². The summed E-state index contributed by atoms with van der Waals surface area (Å²) in [5, 5.41) is 11.6. The van der Waals surface area contributed by atoms with E-state index in [1.165, 1.54) is 31.2 Å². The molecule has 0 unspecified atom stereocenters. The minimum atomic E-state index is -4.08. The number of ether oxygens (including phenoxy) is 1. The molecular weight excluding hydrogens is 382 g/mol. The van der Waals surface area contributed by atoms with Crippen LogP contribution in [0.15, 0.2) is 53.4 Å². The highest BCUT2D eigenvalue weighted by Crippen LogP contribution is 2.14. The number of esters is 1. The molecule has 8 nitrogen and oxygen atoms in total. The van der Waals surface area contributed by atoms with Crippen LogP contribution < -0.4 is 10.0 Å². The zero-order valence-electron chi connectivity index (χ0n) is 15.3. The van der Waals surface area contributed by atoms with Gasteiger partial charge in [-0.2, -0.15) is 9.98 Å². The van der Waals surface area contributed by atoms with E-state index in [1.807, 2.05) is 19.1 Å². The number of nitriles is 1. The summed E-state index contributed by atoms with van der Waals surface area (Å²) in [6.45, 7) is 2.61. The van der Waals surface area contributed by atoms with Gasteiger partial charge in [0.1, 0.15) is 12.6 Å². The Morgan fingerprint density at radius 3 is 2.43 bits per heavy atom. The molecule has 0 fully saturated rings. The molecule has 0 aliphatic carbocycles. The van der Waals surface area contributed by atoms with Crippen molar-refractivity contribution in [2.24, 2.45) is 0 Å². The lowest BCUT2D eigenvalue weighted by atomic mass is 10.2. The Hall–Kier alpha value is -3.22. The molecular formula is C19H19N3O5S. The van der Waals surface area contributed by atoms with Gasteiger partial charge in [-0.3, -0.25) is 9.59 Å². The predicted octanol–water partition coefficient (Wildman–Crippen LogP) is 1.72. The van der Waals surface area contributed by atoms with Crippen molar-refractivity contribution in [3.8, 4) is 6.07 Å². The van der Waals surface area contributed by atoms with E-state index in [2.05, 4.69) is 10.0 Å². The van der Waals surface area contributed by atoms with Gasteiger partial charge in [-0.25, -0.2) is 8.42 Å². The zero-order chi connectivity index (χ0) is 20.7. The highest BCUT2D eigenvalue weighted by atomic mass is 32.2. The summed E-state index contributed by atoms with van der Waals surface area (Å²) in [5.41, 5.74) is 1.53.